The number of guanidine groups is 1. The minimum absolute atomic E-state index is 0. The van der Waals surface area contributed by atoms with E-state index in [1.54, 1.807) is 20.0 Å². The molecule has 2 N–H and O–H groups in total. The molecule has 2 aromatic rings. The quantitative estimate of drug-likeness (QED) is 0.447. The third-order valence-electron chi connectivity index (χ3n) is 3.29. The maximum absolute atomic E-state index is 13.2. The van der Waals surface area contributed by atoms with Crippen LogP contribution in [0.1, 0.15) is 22.5 Å². The number of aryl methyl sites for hydroxylation is 2. The second kappa shape index (κ2) is 9.44. The van der Waals surface area contributed by atoms with E-state index in [1.165, 1.54) is 6.07 Å². The molecule has 0 amide bonds. The average Bonchev–Trinajstić information content (AvgIpc) is 2.51. The summed E-state index contributed by atoms with van der Waals surface area (Å²) in [7, 11) is 1.72. The fraction of sp³-hybridized carbons (Fsp3) is 0.294. The zero-order valence-corrected chi connectivity index (χ0v) is 15.9. The van der Waals surface area contributed by atoms with Crippen LogP contribution in [0.15, 0.2) is 41.4 Å². The summed E-state index contributed by atoms with van der Waals surface area (Å²) in [6.07, 6.45) is 0. The van der Waals surface area contributed by atoms with Gasteiger partial charge in [-0.25, -0.2) is 4.39 Å². The van der Waals surface area contributed by atoms with Gasteiger partial charge in [0.15, 0.2) is 5.96 Å². The first-order valence-electron chi connectivity index (χ1n) is 7.20. The van der Waals surface area contributed by atoms with Gasteiger partial charge in [-0.05, 0) is 43.2 Å². The maximum Gasteiger partial charge on any atom is 0.191 e. The Labute approximate surface area is 153 Å². The number of nitrogens with one attached hydrogen (secondary N) is 2. The molecule has 4 nitrogen and oxygen atoms in total. The van der Waals surface area contributed by atoms with Crippen molar-refractivity contribution in [3.63, 3.8) is 0 Å². The minimum Gasteiger partial charge on any atom is -0.352 e. The van der Waals surface area contributed by atoms with Gasteiger partial charge in [-0.2, -0.15) is 0 Å². The van der Waals surface area contributed by atoms with Crippen LogP contribution in [-0.4, -0.2) is 18.0 Å². The highest BCUT2D eigenvalue weighted by Crippen LogP contribution is 2.08. The monoisotopic (exact) mass is 428 g/mol. The van der Waals surface area contributed by atoms with Crippen molar-refractivity contribution in [1.29, 1.82) is 0 Å². The van der Waals surface area contributed by atoms with Crippen LogP contribution < -0.4 is 10.6 Å². The van der Waals surface area contributed by atoms with Crippen molar-refractivity contribution in [2.24, 2.45) is 4.99 Å². The Bertz CT molecular complexity index is 673. The highest BCUT2D eigenvalue weighted by Gasteiger charge is 2.02. The Morgan fingerprint density at radius 1 is 1.13 bits per heavy atom. The fourth-order valence-corrected chi connectivity index (χ4v) is 2.10. The molecule has 0 unspecified atom stereocenters. The summed E-state index contributed by atoms with van der Waals surface area (Å²) < 4.78 is 13.2. The highest BCUT2D eigenvalue weighted by atomic mass is 127. The lowest BCUT2D eigenvalue weighted by molar-refractivity contribution is 0.617. The van der Waals surface area contributed by atoms with E-state index < -0.39 is 0 Å². The standard InChI is InChI=1S/C17H21FN4.HI/c1-12-9-14(7-8-16(12)18)10-20-17(19-3)21-11-15-6-4-5-13(2)22-15;/h4-9H,10-11H2,1-3H3,(H2,19,20,21);1H. The van der Waals surface area contributed by atoms with Gasteiger partial charge in [0.25, 0.3) is 0 Å². The Morgan fingerprint density at radius 2 is 1.87 bits per heavy atom. The third-order valence-corrected chi connectivity index (χ3v) is 3.29. The summed E-state index contributed by atoms with van der Waals surface area (Å²) in [5.41, 5.74) is 3.60. The Morgan fingerprint density at radius 3 is 2.52 bits per heavy atom. The van der Waals surface area contributed by atoms with Gasteiger partial charge in [0.1, 0.15) is 5.82 Å². The lowest BCUT2D eigenvalue weighted by atomic mass is 10.1. The molecule has 0 aliphatic carbocycles. The van der Waals surface area contributed by atoms with Crippen LogP contribution in [0.5, 0.6) is 0 Å². The minimum atomic E-state index is -0.184. The van der Waals surface area contributed by atoms with Gasteiger partial charge >= 0.3 is 0 Å². The molecule has 0 aliphatic heterocycles. The molecule has 0 saturated heterocycles. The molecule has 1 heterocycles. The lowest BCUT2D eigenvalue weighted by Crippen LogP contribution is -2.36. The van der Waals surface area contributed by atoms with Crippen LogP contribution in [0.2, 0.25) is 0 Å². The van der Waals surface area contributed by atoms with Gasteiger partial charge < -0.3 is 10.6 Å². The molecule has 0 atom stereocenters. The van der Waals surface area contributed by atoms with Gasteiger partial charge in [0.05, 0.1) is 12.2 Å². The molecule has 124 valence electrons. The number of aliphatic imine (C=N–C) groups is 1. The number of rotatable bonds is 4. The van der Waals surface area contributed by atoms with Crippen LogP contribution in [-0.2, 0) is 13.1 Å². The Kier molecular flexibility index (Phi) is 7.94. The van der Waals surface area contributed by atoms with Crippen molar-refractivity contribution in [3.8, 4) is 0 Å². The van der Waals surface area contributed by atoms with E-state index >= 15 is 0 Å². The van der Waals surface area contributed by atoms with E-state index in [4.69, 9.17) is 0 Å². The number of hydrogen-bond donors (Lipinski definition) is 2. The summed E-state index contributed by atoms with van der Waals surface area (Å²) in [6, 6.07) is 11.0. The van der Waals surface area contributed by atoms with Crippen LogP contribution in [0, 0.1) is 19.7 Å². The number of hydrogen-bond acceptors (Lipinski definition) is 2. The van der Waals surface area contributed by atoms with E-state index in [1.807, 2.05) is 31.2 Å². The second-order valence-corrected chi connectivity index (χ2v) is 5.13. The van der Waals surface area contributed by atoms with E-state index in [2.05, 4.69) is 20.6 Å². The maximum atomic E-state index is 13.2. The number of benzene rings is 1. The molecule has 1 aromatic heterocycles. The molecule has 23 heavy (non-hydrogen) atoms. The highest BCUT2D eigenvalue weighted by molar-refractivity contribution is 14.0. The number of nitrogens with zero attached hydrogens (tertiary/aromatic N) is 2. The Balaban J connectivity index is 0.00000264. The smallest absolute Gasteiger partial charge is 0.191 e. The SMILES string of the molecule is CN=C(NCc1ccc(F)c(C)c1)NCc1cccc(C)n1.I. The summed E-state index contributed by atoms with van der Waals surface area (Å²) in [5, 5.41) is 6.42. The van der Waals surface area contributed by atoms with Crippen LogP contribution in [0.25, 0.3) is 0 Å². The van der Waals surface area contributed by atoms with Crippen molar-refractivity contribution in [2.45, 2.75) is 26.9 Å². The predicted molar refractivity (Wildman–Crippen MR) is 103 cm³/mol. The molecule has 0 aliphatic rings. The van der Waals surface area contributed by atoms with Gasteiger partial charge in [-0.3, -0.25) is 9.98 Å². The molecule has 0 saturated carbocycles. The molecule has 6 heteroatoms. The Hall–Kier alpha value is -1.70. The molecule has 2 rings (SSSR count). The van der Waals surface area contributed by atoms with E-state index in [0.29, 0.717) is 24.6 Å². The molecule has 1 aromatic carbocycles. The van der Waals surface area contributed by atoms with Crippen molar-refractivity contribution >= 4 is 29.9 Å². The average molecular weight is 428 g/mol. The van der Waals surface area contributed by atoms with E-state index in [-0.39, 0.29) is 29.8 Å². The second-order valence-electron chi connectivity index (χ2n) is 5.13. The number of halogens is 2. The zero-order chi connectivity index (χ0) is 15.9. The topological polar surface area (TPSA) is 49.3 Å². The van der Waals surface area contributed by atoms with Crippen LogP contribution in [0.4, 0.5) is 4.39 Å². The molecule has 0 fully saturated rings. The van der Waals surface area contributed by atoms with Crippen LogP contribution >= 0.6 is 24.0 Å². The summed E-state index contributed by atoms with van der Waals surface area (Å²) >= 11 is 0. The summed E-state index contributed by atoms with van der Waals surface area (Å²) in [5.74, 6) is 0.502. The fourth-order valence-electron chi connectivity index (χ4n) is 2.10. The van der Waals surface area contributed by atoms with Crippen molar-refractivity contribution < 1.29 is 4.39 Å². The first-order valence-corrected chi connectivity index (χ1v) is 7.20. The molecule has 0 bridgehead atoms. The largest absolute Gasteiger partial charge is 0.352 e. The molecular weight excluding hydrogens is 406 g/mol. The third kappa shape index (κ3) is 6.13. The number of pyridine rings is 1. The van der Waals surface area contributed by atoms with Crippen molar-refractivity contribution in [2.75, 3.05) is 7.05 Å². The van der Waals surface area contributed by atoms with Crippen LogP contribution in [0.3, 0.4) is 0 Å². The first kappa shape index (κ1) is 19.3. The van der Waals surface area contributed by atoms with Crippen molar-refractivity contribution in [3.05, 3.63) is 64.7 Å². The van der Waals surface area contributed by atoms with Crippen molar-refractivity contribution in [1.82, 2.24) is 15.6 Å². The zero-order valence-electron chi connectivity index (χ0n) is 13.6. The normalized spacial score (nSPS) is 10.9. The van der Waals surface area contributed by atoms with E-state index in [9.17, 15) is 4.39 Å². The van der Waals surface area contributed by atoms with Gasteiger partial charge in [0, 0.05) is 19.3 Å². The van der Waals surface area contributed by atoms with E-state index in [0.717, 1.165) is 17.0 Å². The molecule has 0 spiro atoms. The molecule has 0 radical (unpaired) electrons. The van der Waals surface area contributed by atoms with Gasteiger partial charge in [0.2, 0.25) is 0 Å². The predicted octanol–water partition coefficient (Wildman–Crippen LogP) is 3.32. The number of aromatic nitrogens is 1. The lowest BCUT2D eigenvalue weighted by Gasteiger charge is -2.12. The van der Waals surface area contributed by atoms with Gasteiger partial charge in [-0.15, -0.1) is 24.0 Å². The molecular formula is C17H22FIN4. The summed E-state index contributed by atoms with van der Waals surface area (Å²) in [6.45, 7) is 4.91. The van der Waals surface area contributed by atoms with Gasteiger partial charge in [-0.1, -0.05) is 18.2 Å². The first-order chi connectivity index (χ1) is 10.6. The summed E-state index contributed by atoms with van der Waals surface area (Å²) in [4.78, 5) is 8.61.